The van der Waals surface area contributed by atoms with Crippen LogP contribution in [0.25, 0.3) is 11.0 Å². The maximum atomic E-state index is 12.3. The Morgan fingerprint density at radius 1 is 1.23 bits per heavy atom. The minimum Gasteiger partial charge on any atom is -0.457 e. The van der Waals surface area contributed by atoms with Crippen LogP contribution < -0.4 is 20.4 Å². The summed E-state index contributed by atoms with van der Waals surface area (Å²) < 4.78 is 6.04. The van der Waals surface area contributed by atoms with Crippen LogP contribution in [0.4, 0.5) is 17.3 Å². The number of amides is 1. The minimum absolute atomic E-state index is 0.0129. The van der Waals surface area contributed by atoms with Gasteiger partial charge in [-0.1, -0.05) is 5.92 Å². The van der Waals surface area contributed by atoms with Crippen LogP contribution >= 0.6 is 0 Å². The lowest BCUT2D eigenvalue weighted by Crippen LogP contribution is -2.54. The molecule has 1 saturated heterocycles. The second-order valence-corrected chi connectivity index (χ2v) is 9.30. The summed E-state index contributed by atoms with van der Waals surface area (Å²) >= 11 is 0. The number of benzene rings is 1. The first-order chi connectivity index (χ1) is 19.4. The molecule has 5 rings (SSSR count). The van der Waals surface area contributed by atoms with Crippen molar-refractivity contribution in [1.82, 2.24) is 24.8 Å². The number of nitrogens with one attached hydrogen (secondary N) is 3. The highest BCUT2D eigenvalue weighted by atomic mass is 16.5. The Morgan fingerprint density at radius 3 is 2.88 bits per heavy atom. The molecule has 4 heterocycles. The summed E-state index contributed by atoms with van der Waals surface area (Å²) in [5, 5.41) is 10.5. The number of hydrogen-bond acceptors (Lipinski definition) is 8. The van der Waals surface area contributed by atoms with Crippen LogP contribution in [0.2, 0.25) is 0 Å². The van der Waals surface area contributed by atoms with E-state index in [4.69, 9.17) is 15.1 Å². The molecule has 11 heteroatoms. The Bertz CT molecular complexity index is 1700. The molecule has 11 nitrogen and oxygen atoms in total. The van der Waals surface area contributed by atoms with E-state index in [2.05, 4.69) is 42.0 Å². The highest BCUT2D eigenvalue weighted by molar-refractivity contribution is 5.94. The molecule has 202 valence electrons. The quantitative estimate of drug-likeness (QED) is 0.194. The monoisotopic (exact) mass is 535 g/mol. The van der Waals surface area contributed by atoms with E-state index in [-0.39, 0.29) is 11.9 Å². The number of aromatic amines is 1. The molecule has 1 unspecified atom stereocenters. The zero-order valence-electron chi connectivity index (χ0n) is 22.5. The molecule has 0 bridgehead atoms. The van der Waals surface area contributed by atoms with E-state index in [1.165, 1.54) is 6.33 Å². The number of rotatable bonds is 6. The van der Waals surface area contributed by atoms with Crippen molar-refractivity contribution >= 4 is 40.6 Å². The van der Waals surface area contributed by atoms with Gasteiger partial charge in [0.05, 0.1) is 5.52 Å². The molecule has 3 aromatic heterocycles. The van der Waals surface area contributed by atoms with Gasteiger partial charge < -0.3 is 24.8 Å². The average molecular weight is 536 g/mol. The summed E-state index contributed by atoms with van der Waals surface area (Å²) in [7, 11) is 0. The Labute approximate surface area is 231 Å². The first-order valence-electron chi connectivity index (χ1n) is 12.8. The summed E-state index contributed by atoms with van der Waals surface area (Å²) in [4.78, 5) is 36.9. The van der Waals surface area contributed by atoms with Crippen LogP contribution in [0.3, 0.4) is 0 Å². The number of fused-ring (bicyclic) bond motifs is 1. The summed E-state index contributed by atoms with van der Waals surface area (Å²) in [5.74, 6) is 7.90. The van der Waals surface area contributed by atoms with Crippen molar-refractivity contribution in [3.8, 4) is 23.3 Å². The molecule has 0 aliphatic carbocycles. The second-order valence-electron chi connectivity index (χ2n) is 9.30. The third kappa shape index (κ3) is 5.76. The van der Waals surface area contributed by atoms with Gasteiger partial charge in [-0.15, -0.1) is 0 Å². The van der Waals surface area contributed by atoms with Crippen LogP contribution in [0.15, 0.2) is 60.0 Å². The van der Waals surface area contributed by atoms with Crippen LogP contribution in [0, 0.1) is 24.2 Å². The minimum atomic E-state index is -0.141. The van der Waals surface area contributed by atoms with Crippen molar-refractivity contribution < 1.29 is 9.53 Å². The van der Waals surface area contributed by atoms with Gasteiger partial charge in [-0.25, -0.2) is 19.9 Å². The lowest BCUT2D eigenvalue weighted by Gasteiger charge is -2.39. The molecule has 1 fully saturated rings. The SMILES string of the molecule is CC#CC(=O)N1CCN(c2ccc3ncnc(Nc4ccc(Oc5cc[nH]/c(=N\C=N)c5)c(C)c4)c3n2)CC1C. The fourth-order valence-corrected chi connectivity index (χ4v) is 4.59. The number of aromatic nitrogens is 4. The number of anilines is 3. The van der Waals surface area contributed by atoms with Crippen molar-refractivity contribution in [1.29, 1.82) is 5.41 Å². The van der Waals surface area contributed by atoms with Crippen molar-refractivity contribution in [2.75, 3.05) is 29.9 Å². The van der Waals surface area contributed by atoms with Gasteiger partial charge in [-0.2, -0.15) is 0 Å². The molecule has 0 saturated carbocycles. The molecule has 1 aliphatic rings. The van der Waals surface area contributed by atoms with Crippen molar-refractivity contribution in [3.63, 3.8) is 0 Å². The number of carbonyl (C=O) groups is 1. The van der Waals surface area contributed by atoms with Crippen molar-refractivity contribution in [2.45, 2.75) is 26.8 Å². The normalized spacial score (nSPS) is 15.4. The highest BCUT2D eigenvalue weighted by Gasteiger charge is 2.27. The molecular weight excluding hydrogens is 506 g/mol. The van der Waals surface area contributed by atoms with Gasteiger partial charge in [0.2, 0.25) is 0 Å². The first-order valence-corrected chi connectivity index (χ1v) is 12.8. The Hall–Kier alpha value is -5.24. The Morgan fingerprint density at radius 2 is 2.10 bits per heavy atom. The predicted molar refractivity (Wildman–Crippen MR) is 154 cm³/mol. The molecule has 0 spiro atoms. The third-order valence-electron chi connectivity index (χ3n) is 6.54. The summed E-state index contributed by atoms with van der Waals surface area (Å²) in [5.41, 5.74) is 3.66. The van der Waals surface area contributed by atoms with Gasteiger partial charge in [0.15, 0.2) is 5.82 Å². The van der Waals surface area contributed by atoms with E-state index in [0.29, 0.717) is 48.0 Å². The van der Waals surface area contributed by atoms with Crippen LogP contribution in [0.5, 0.6) is 11.5 Å². The maximum absolute atomic E-state index is 12.3. The average Bonchev–Trinajstić information content (AvgIpc) is 2.95. The van der Waals surface area contributed by atoms with Crippen LogP contribution in [-0.4, -0.2) is 62.8 Å². The number of ether oxygens (including phenoxy) is 1. The summed E-state index contributed by atoms with van der Waals surface area (Å²) in [6, 6.07) is 13.2. The molecule has 1 aromatic carbocycles. The topological polar surface area (TPSA) is 135 Å². The van der Waals surface area contributed by atoms with E-state index >= 15 is 0 Å². The Kier molecular flexibility index (Phi) is 7.68. The molecule has 4 aromatic rings. The number of H-pyrrole nitrogens is 1. The van der Waals surface area contributed by atoms with Crippen molar-refractivity contribution in [2.24, 2.45) is 4.99 Å². The van der Waals surface area contributed by atoms with E-state index < -0.39 is 0 Å². The fourth-order valence-electron chi connectivity index (χ4n) is 4.59. The number of nitrogens with zero attached hydrogens (tertiary/aromatic N) is 6. The summed E-state index contributed by atoms with van der Waals surface area (Å²) in [6.07, 6.45) is 4.20. The first kappa shape index (κ1) is 26.4. The van der Waals surface area contributed by atoms with E-state index in [1.807, 2.05) is 44.2 Å². The predicted octanol–water partition coefficient (Wildman–Crippen LogP) is 3.77. The number of aryl methyl sites for hydroxylation is 1. The van der Waals surface area contributed by atoms with E-state index in [1.54, 1.807) is 30.2 Å². The lowest BCUT2D eigenvalue weighted by atomic mass is 10.2. The van der Waals surface area contributed by atoms with Crippen molar-refractivity contribution in [3.05, 3.63) is 66.0 Å². The van der Waals surface area contributed by atoms with Gasteiger partial charge >= 0.3 is 0 Å². The summed E-state index contributed by atoms with van der Waals surface area (Å²) in [6.45, 7) is 7.56. The van der Waals surface area contributed by atoms with Gasteiger partial charge in [-0.05, 0) is 68.7 Å². The molecule has 40 heavy (non-hydrogen) atoms. The molecule has 1 aliphatic heterocycles. The number of hydrogen-bond donors (Lipinski definition) is 3. The standard InChI is InChI=1S/C29H29N9O2/c1-4-5-27(39)38-13-12-37(16-20(38)3)26-9-7-23-28(36-26)29(34-18-33-23)35-21-6-8-24(19(2)14-21)40-22-10-11-31-25(15-22)32-17-30/h6-11,14-15,17-18,20H,12-13,16H2,1-3H3,(H2,30,31,32)(H,33,34,35). The highest BCUT2D eigenvalue weighted by Crippen LogP contribution is 2.30. The largest absolute Gasteiger partial charge is 0.457 e. The smallest absolute Gasteiger partial charge is 0.298 e. The third-order valence-corrected chi connectivity index (χ3v) is 6.54. The lowest BCUT2D eigenvalue weighted by molar-refractivity contribution is -0.127. The number of piperazine rings is 1. The molecular formula is C29H29N9O2. The van der Waals surface area contributed by atoms with Gasteiger partial charge in [0.1, 0.15) is 41.0 Å². The van der Waals surface area contributed by atoms with Crippen LogP contribution in [-0.2, 0) is 4.79 Å². The van der Waals surface area contributed by atoms with Gasteiger partial charge in [0, 0.05) is 43.6 Å². The Balaban J connectivity index is 1.35. The second kappa shape index (κ2) is 11.7. The molecule has 3 N–H and O–H groups in total. The number of pyridine rings is 2. The van der Waals surface area contributed by atoms with E-state index in [9.17, 15) is 4.79 Å². The van der Waals surface area contributed by atoms with Crippen LogP contribution in [0.1, 0.15) is 19.4 Å². The molecule has 0 radical (unpaired) electrons. The van der Waals surface area contributed by atoms with Gasteiger partial charge in [0.25, 0.3) is 5.91 Å². The zero-order valence-corrected chi connectivity index (χ0v) is 22.5. The number of carbonyl (C=O) groups excluding carboxylic acids is 1. The van der Waals surface area contributed by atoms with E-state index in [0.717, 1.165) is 28.9 Å². The molecule has 1 amide bonds. The van der Waals surface area contributed by atoms with Gasteiger partial charge in [-0.3, -0.25) is 10.2 Å². The maximum Gasteiger partial charge on any atom is 0.298 e. The zero-order chi connectivity index (χ0) is 28.1. The molecule has 1 atom stereocenters. The fraction of sp³-hybridized carbons (Fsp3) is 0.241.